The summed E-state index contributed by atoms with van der Waals surface area (Å²) in [6.45, 7) is 1.89. The molecule has 106 valence electrons. The highest BCUT2D eigenvalue weighted by Crippen LogP contribution is 2.40. The molecule has 0 saturated carbocycles. The maximum absolute atomic E-state index is 14.0. The van der Waals surface area contributed by atoms with Crippen molar-refractivity contribution in [2.75, 3.05) is 6.61 Å². The van der Waals surface area contributed by atoms with E-state index < -0.39 is 23.2 Å². The number of halogens is 2. The highest BCUT2D eigenvalue weighted by molar-refractivity contribution is 5.86. The molecule has 20 heavy (non-hydrogen) atoms. The number of aromatic nitrogens is 1. The second-order valence-electron chi connectivity index (χ2n) is 5.16. The smallest absolute Gasteiger partial charge is 0.306 e. The SMILES string of the molecule is CC1(CC(=O)O)OCCc2c1[nH]c1c(F)ccc(F)c21. The van der Waals surface area contributed by atoms with Crippen molar-refractivity contribution in [1.82, 2.24) is 4.98 Å². The largest absolute Gasteiger partial charge is 0.481 e. The fourth-order valence-electron chi connectivity index (χ4n) is 2.87. The first kappa shape index (κ1) is 13.1. The number of carboxylic acids is 1. The van der Waals surface area contributed by atoms with Crippen molar-refractivity contribution >= 4 is 16.9 Å². The quantitative estimate of drug-likeness (QED) is 0.889. The molecule has 2 heterocycles. The molecule has 3 rings (SSSR count). The predicted molar refractivity (Wildman–Crippen MR) is 67.5 cm³/mol. The average Bonchev–Trinajstić information content (AvgIpc) is 2.75. The molecule has 1 aromatic carbocycles. The minimum absolute atomic E-state index is 0.0668. The van der Waals surface area contributed by atoms with E-state index in [0.29, 0.717) is 17.7 Å². The van der Waals surface area contributed by atoms with Crippen LogP contribution < -0.4 is 0 Å². The van der Waals surface area contributed by atoms with Crippen LogP contribution in [0.3, 0.4) is 0 Å². The normalized spacial score (nSPS) is 21.9. The third-order valence-electron chi connectivity index (χ3n) is 3.75. The summed E-state index contributed by atoms with van der Waals surface area (Å²) in [6.07, 6.45) is 0.154. The van der Waals surface area contributed by atoms with Crippen molar-refractivity contribution in [1.29, 1.82) is 0 Å². The number of aliphatic carboxylic acids is 1. The van der Waals surface area contributed by atoms with E-state index >= 15 is 0 Å². The van der Waals surface area contributed by atoms with Crippen molar-refractivity contribution in [2.24, 2.45) is 0 Å². The molecular weight excluding hydrogens is 268 g/mol. The van der Waals surface area contributed by atoms with Crippen LogP contribution in [0.15, 0.2) is 12.1 Å². The van der Waals surface area contributed by atoms with Gasteiger partial charge in [0, 0.05) is 5.39 Å². The van der Waals surface area contributed by atoms with E-state index in [1.807, 2.05) is 0 Å². The number of nitrogens with one attached hydrogen (secondary N) is 1. The number of carbonyl (C=O) groups is 1. The van der Waals surface area contributed by atoms with Crippen molar-refractivity contribution in [3.8, 4) is 0 Å². The summed E-state index contributed by atoms with van der Waals surface area (Å²) >= 11 is 0. The fraction of sp³-hybridized carbons (Fsp3) is 0.357. The summed E-state index contributed by atoms with van der Waals surface area (Å²) in [5.74, 6) is -2.10. The highest BCUT2D eigenvalue weighted by atomic mass is 19.1. The van der Waals surface area contributed by atoms with Crippen LogP contribution in [0.25, 0.3) is 10.9 Å². The van der Waals surface area contributed by atoms with Gasteiger partial charge < -0.3 is 14.8 Å². The Bertz CT molecular complexity index is 710. The molecule has 1 aromatic heterocycles. The molecular formula is C14H13F2NO3. The number of hydrogen-bond donors (Lipinski definition) is 2. The number of benzene rings is 1. The Morgan fingerprint density at radius 1 is 1.45 bits per heavy atom. The van der Waals surface area contributed by atoms with Gasteiger partial charge in [0.2, 0.25) is 0 Å². The minimum Gasteiger partial charge on any atom is -0.481 e. The summed E-state index contributed by atoms with van der Waals surface area (Å²) in [5, 5.41) is 9.19. The Kier molecular flexibility index (Phi) is 2.79. The zero-order chi connectivity index (χ0) is 14.5. The van der Waals surface area contributed by atoms with Gasteiger partial charge >= 0.3 is 5.97 Å². The Labute approximate surface area is 113 Å². The summed E-state index contributed by atoms with van der Waals surface area (Å²) in [5.41, 5.74) is 0.0198. The van der Waals surface area contributed by atoms with E-state index in [-0.39, 0.29) is 23.9 Å². The Balaban J connectivity index is 2.28. The van der Waals surface area contributed by atoms with E-state index in [1.54, 1.807) is 6.92 Å². The summed E-state index contributed by atoms with van der Waals surface area (Å²) in [7, 11) is 0. The molecule has 2 aromatic rings. The molecule has 0 bridgehead atoms. The lowest BCUT2D eigenvalue weighted by Gasteiger charge is -2.32. The lowest BCUT2D eigenvalue weighted by molar-refractivity contribution is -0.146. The lowest BCUT2D eigenvalue weighted by Crippen LogP contribution is -2.34. The first-order valence-corrected chi connectivity index (χ1v) is 6.27. The Morgan fingerprint density at radius 2 is 2.15 bits per heavy atom. The molecule has 0 aliphatic carbocycles. The molecule has 0 fully saturated rings. The summed E-state index contributed by atoms with van der Waals surface area (Å²) < 4.78 is 33.3. The molecule has 1 aliphatic rings. The maximum Gasteiger partial charge on any atom is 0.306 e. The number of fused-ring (bicyclic) bond motifs is 3. The van der Waals surface area contributed by atoms with Gasteiger partial charge in [-0.1, -0.05) is 0 Å². The summed E-state index contributed by atoms with van der Waals surface area (Å²) in [4.78, 5) is 13.8. The molecule has 2 N–H and O–H groups in total. The Morgan fingerprint density at radius 3 is 2.85 bits per heavy atom. The van der Waals surface area contributed by atoms with E-state index in [2.05, 4.69) is 4.98 Å². The van der Waals surface area contributed by atoms with Gasteiger partial charge in [0.1, 0.15) is 17.2 Å². The van der Waals surface area contributed by atoms with Crippen LogP contribution in [0.4, 0.5) is 8.78 Å². The first-order chi connectivity index (χ1) is 9.42. The molecule has 1 atom stereocenters. The van der Waals surface area contributed by atoms with Gasteiger partial charge in [-0.2, -0.15) is 0 Å². The zero-order valence-electron chi connectivity index (χ0n) is 10.8. The van der Waals surface area contributed by atoms with Crippen LogP contribution in [0.1, 0.15) is 24.6 Å². The molecule has 0 radical (unpaired) electrons. The van der Waals surface area contributed by atoms with Gasteiger partial charge in [0.15, 0.2) is 0 Å². The minimum atomic E-state index is -1.10. The highest BCUT2D eigenvalue weighted by Gasteiger charge is 2.38. The predicted octanol–water partition coefficient (Wildman–Crippen LogP) is 2.71. The standard InChI is InChI=1S/C14H13F2NO3/c1-14(6-10(18)19)13-7(4-5-20-14)11-8(15)2-3-9(16)12(11)17-13/h2-3,17H,4-6H2,1H3,(H,18,19). The molecule has 4 nitrogen and oxygen atoms in total. The molecule has 6 heteroatoms. The number of H-pyrrole nitrogens is 1. The first-order valence-electron chi connectivity index (χ1n) is 6.27. The van der Waals surface area contributed by atoms with E-state index in [9.17, 15) is 13.6 Å². The van der Waals surface area contributed by atoms with Gasteiger partial charge in [-0.15, -0.1) is 0 Å². The number of carboxylic acid groups (broad SMARTS) is 1. The fourth-order valence-corrected chi connectivity index (χ4v) is 2.87. The van der Waals surface area contributed by atoms with E-state index in [1.165, 1.54) is 0 Å². The van der Waals surface area contributed by atoms with E-state index in [0.717, 1.165) is 12.1 Å². The average molecular weight is 281 g/mol. The molecule has 1 unspecified atom stereocenters. The van der Waals surface area contributed by atoms with Crippen LogP contribution in [0.2, 0.25) is 0 Å². The van der Waals surface area contributed by atoms with Crippen molar-refractivity contribution in [3.05, 3.63) is 35.0 Å². The van der Waals surface area contributed by atoms with E-state index in [4.69, 9.17) is 9.84 Å². The number of rotatable bonds is 2. The maximum atomic E-state index is 14.0. The monoisotopic (exact) mass is 281 g/mol. The van der Waals surface area contributed by atoms with Gasteiger partial charge in [-0.05, 0) is 31.0 Å². The van der Waals surface area contributed by atoms with Crippen molar-refractivity contribution in [2.45, 2.75) is 25.4 Å². The number of hydrogen-bond acceptors (Lipinski definition) is 2. The lowest BCUT2D eigenvalue weighted by atomic mass is 9.90. The van der Waals surface area contributed by atoms with Crippen LogP contribution >= 0.6 is 0 Å². The molecule has 1 aliphatic heterocycles. The summed E-state index contributed by atoms with van der Waals surface area (Å²) in [6, 6.07) is 2.13. The zero-order valence-corrected chi connectivity index (χ0v) is 10.8. The third kappa shape index (κ3) is 1.79. The van der Waals surface area contributed by atoms with Gasteiger partial charge in [-0.3, -0.25) is 4.79 Å². The molecule has 0 amide bonds. The number of aromatic amines is 1. The second kappa shape index (κ2) is 4.28. The third-order valence-corrected chi connectivity index (χ3v) is 3.75. The topological polar surface area (TPSA) is 62.3 Å². The van der Waals surface area contributed by atoms with Crippen molar-refractivity contribution in [3.63, 3.8) is 0 Å². The molecule has 0 saturated heterocycles. The van der Waals surface area contributed by atoms with Crippen LogP contribution in [0, 0.1) is 11.6 Å². The van der Waals surface area contributed by atoms with Gasteiger partial charge in [-0.25, -0.2) is 8.78 Å². The van der Waals surface area contributed by atoms with Crippen LogP contribution in [0.5, 0.6) is 0 Å². The second-order valence-corrected chi connectivity index (χ2v) is 5.16. The number of ether oxygens (including phenoxy) is 1. The van der Waals surface area contributed by atoms with Crippen LogP contribution in [-0.4, -0.2) is 22.7 Å². The van der Waals surface area contributed by atoms with Crippen LogP contribution in [-0.2, 0) is 21.6 Å². The van der Waals surface area contributed by atoms with Gasteiger partial charge in [0.25, 0.3) is 0 Å². The van der Waals surface area contributed by atoms with Crippen molar-refractivity contribution < 1.29 is 23.4 Å². The van der Waals surface area contributed by atoms with Gasteiger partial charge in [0.05, 0.1) is 24.2 Å². The Hall–Kier alpha value is -1.95. The molecule has 0 spiro atoms.